The van der Waals surface area contributed by atoms with Gasteiger partial charge in [-0.3, -0.25) is 4.55 Å². The zero-order valence-corrected chi connectivity index (χ0v) is 9.52. The van der Waals surface area contributed by atoms with Gasteiger partial charge in [0.2, 0.25) is 12.3 Å². The van der Waals surface area contributed by atoms with Crippen molar-refractivity contribution in [2.24, 2.45) is 0 Å². The minimum absolute atomic E-state index is 0.0130. The number of hydrogen-bond acceptors (Lipinski definition) is 6. The first-order chi connectivity index (χ1) is 8.47. The molecule has 2 N–H and O–H groups in total. The summed E-state index contributed by atoms with van der Waals surface area (Å²) < 4.78 is 43.9. The Kier molecular flexibility index (Phi) is 3.17. The van der Waals surface area contributed by atoms with Crippen LogP contribution in [0.25, 0.3) is 0 Å². The molecule has 9 heteroatoms. The molecule has 7 nitrogen and oxygen atoms in total. The monoisotopic (exact) mass is 269 g/mol. The highest BCUT2D eigenvalue weighted by atomic mass is 32.2. The average Bonchev–Trinajstić information content (AvgIpc) is 2.28. The molecule has 93 valence electrons. The second kappa shape index (κ2) is 4.63. The Hall–Kier alpha value is -2.13. The van der Waals surface area contributed by atoms with Gasteiger partial charge < -0.3 is 5.32 Å². The molecule has 1 heterocycles. The fourth-order valence-electron chi connectivity index (χ4n) is 1.22. The van der Waals surface area contributed by atoms with Crippen molar-refractivity contribution in [2.45, 2.75) is 4.90 Å². The van der Waals surface area contributed by atoms with E-state index >= 15 is 0 Å². The second-order valence-corrected chi connectivity index (χ2v) is 4.51. The van der Waals surface area contributed by atoms with Crippen LogP contribution in [0.2, 0.25) is 0 Å². The number of nitrogens with one attached hydrogen (secondary N) is 1. The van der Waals surface area contributed by atoms with E-state index in [-0.39, 0.29) is 16.5 Å². The number of aromatic nitrogens is 3. The Labute approximate surface area is 101 Å². The summed E-state index contributed by atoms with van der Waals surface area (Å²) >= 11 is 0. The normalized spacial score (nSPS) is 11.2. The fourth-order valence-corrected chi connectivity index (χ4v) is 1.87. The lowest BCUT2D eigenvalue weighted by molar-refractivity contribution is 0.483. The molecule has 0 spiro atoms. The number of nitrogens with zero attached hydrogens (tertiary/aromatic N) is 3. The molecule has 2 aromatic rings. The maximum Gasteiger partial charge on any atom is 0.314 e. The van der Waals surface area contributed by atoms with Crippen LogP contribution in [-0.4, -0.2) is 27.9 Å². The Bertz CT molecular complexity index is 677. The first kappa shape index (κ1) is 12.3. The standard InChI is InChI=1S/C9H6FN4O3S/c10-8-11-5-12-9(14-8)13-6-3-1-2-4-7(6)18(15,16)17/h1-4H,(H,15,16,17)(H,11,12,13,14). The molecule has 1 radical (unpaired) electrons. The average molecular weight is 269 g/mol. The highest BCUT2D eigenvalue weighted by Crippen LogP contribution is 2.22. The van der Waals surface area contributed by atoms with Gasteiger partial charge in [-0.2, -0.15) is 27.8 Å². The Balaban J connectivity index is 2.41. The SMILES string of the molecule is O=S(=O)(O)c1ccccc1Nc1n[c]nc(F)n1. The van der Waals surface area contributed by atoms with Crippen LogP contribution >= 0.6 is 0 Å². The molecular weight excluding hydrogens is 263 g/mol. The number of rotatable bonds is 3. The van der Waals surface area contributed by atoms with E-state index in [0.29, 0.717) is 0 Å². The third-order valence-electron chi connectivity index (χ3n) is 1.91. The van der Waals surface area contributed by atoms with E-state index in [1.807, 2.05) is 6.33 Å². The first-order valence-electron chi connectivity index (χ1n) is 4.58. The molecule has 0 aliphatic heterocycles. The summed E-state index contributed by atoms with van der Waals surface area (Å²) in [6.07, 6.45) is 0.937. The summed E-state index contributed by atoms with van der Waals surface area (Å²) in [5.74, 6) is -0.224. The molecule has 0 bridgehead atoms. The lowest BCUT2D eigenvalue weighted by atomic mass is 10.3. The zero-order valence-electron chi connectivity index (χ0n) is 8.70. The van der Waals surface area contributed by atoms with E-state index in [1.54, 1.807) is 0 Å². The lowest BCUT2D eigenvalue weighted by Gasteiger charge is -2.07. The van der Waals surface area contributed by atoms with E-state index < -0.39 is 16.2 Å². The smallest absolute Gasteiger partial charge is 0.314 e. The van der Waals surface area contributed by atoms with Crippen molar-refractivity contribution in [3.05, 3.63) is 36.7 Å². The van der Waals surface area contributed by atoms with Gasteiger partial charge in [0.05, 0.1) is 5.69 Å². The molecule has 0 saturated carbocycles. The van der Waals surface area contributed by atoms with Crippen LogP contribution in [0.1, 0.15) is 0 Å². The highest BCUT2D eigenvalue weighted by Gasteiger charge is 2.15. The summed E-state index contributed by atoms with van der Waals surface area (Å²) in [4.78, 5) is 9.43. The topological polar surface area (TPSA) is 105 Å². The number of benzene rings is 1. The van der Waals surface area contributed by atoms with Crippen molar-refractivity contribution in [1.82, 2.24) is 15.0 Å². The van der Waals surface area contributed by atoms with Crippen LogP contribution in [0, 0.1) is 12.4 Å². The lowest BCUT2D eigenvalue weighted by Crippen LogP contribution is -2.06. The summed E-state index contributed by atoms with van der Waals surface area (Å²) in [6.45, 7) is 0. The predicted octanol–water partition coefficient (Wildman–Crippen LogP) is 0.801. The van der Waals surface area contributed by atoms with Crippen molar-refractivity contribution in [2.75, 3.05) is 5.32 Å². The van der Waals surface area contributed by atoms with E-state index in [2.05, 4.69) is 20.3 Å². The van der Waals surface area contributed by atoms with Crippen LogP contribution in [0.3, 0.4) is 0 Å². The molecular formula is C9H6FN4O3S. The summed E-state index contributed by atoms with van der Waals surface area (Å²) in [5.41, 5.74) is 0.0130. The van der Waals surface area contributed by atoms with Gasteiger partial charge in [-0.25, -0.2) is 0 Å². The largest absolute Gasteiger partial charge is 0.323 e. The Morgan fingerprint density at radius 3 is 2.67 bits per heavy atom. The number of para-hydroxylation sites is 1. The molecule has 1 aromatic carbocycles. The van der Waals surface area contributed by atoms with Crippen molar-refractivity contribution in [1.29, 1.82) is 0 Å². The van der Waals surface area contributed by atoms with Crippen molar-refractivity contribution < 1.29 is 17.4 Å². The van der Waals surface area contributed by atoms with Gasteiger partial charge in [0, 0.05) is 0 Å². The third-order valence-corrected chi connectivity index (χ3v) is 2.82. The van der Waals surface area contributed by atoms with Gasteiger partial charge in [0.25, 0.3) is 10.1 Å². The summed E-state index contributed by atoms with van der Waals surface area (Å²) in [7, 11) is -4.40. The second-order valence-electron chi connectivity index (χ2n) is 3.12. The molecule has 0 aliphatic rings. The predicted molar refractivity (Wildman–Crippen MR) is 58.2 cm³/mol. The molecule has 0 unspecified atom stereocenters. The van der Waals surface area contributed by atoms with Crippen LogP contribution in [0.15, 0.2) is 29.2 Å². The van der Waals surface area contributed by atoms with E-state index in [0.717, 1.165) is 0 Å². The maximum absolute atomic E-state index is 12.7. The zero-order chi connectivity index (χ0) is 13.2. The Morgan fingerprint density at radius 2 is 2.00 bits per heavy atom. The highest BCUT2D eigenvalue weighted by molar-refractivity contribution is 7.86. The van der Waals surface area contributed by atoms with E-state index in [4.69, 9.17) is 4.55 Å². The molecule has 0 atom stereocenters. The van der Waals surface area contributed by atoms with Gasteiger partial charge in [-0.05, 0) is 12.1 Å². The number of anilines is 2. The van der Waals surface area contributed by atoms with Gasteiger partial charge in [0.1, 0.15) is 4.90 Å². The molecule has 0 aliphatic carbocycles. The molecule has 2 rings (SSSR count). The van der Waals surface area contributed by atoms with Gasteiger partial charge in [0.15, 0.2) is 0 Å². The van der Waals surface area contributed by atoms with E-state index in [9.17, 15) is 12.8 Å². The third kappa shape index (κ3) is 2.76. The van der Waals surface area contributed by atoms with Crippen LogP contribution in [-0.2, 0) is 10.1 Å². The fraction of sp³-hybridized carbons (Fsp3) is 0. The first-order valence-corrected chi connectivity index (χ1v) is 6.02. The molecule has 1 aromatic heterocycles. The van der Waals surface area contributed by atoms with Crippen molar-refractivity contribution in [3.63, 3.8) is 0 Å². The molecule has 0 saturated heterocycles. The van der Waals surface area contributed by atoms with Gasteiger partial charge in [-0.15, -0.1) is 0 Å². The van der Waals surface area contributed by atoms with Crippen LogP contribution < -0.4 is 5.32 Å². The summed E-state index contributed by atoms with van der Waals surface area (Å²) in [6, 6.07) is 5.50. The van der Waals surface area contributed by atoms with Gasteiger partial charge in [-0.1, -0.05) is 12.1 Å². The number of halogens is 1. The Morgan fingerprint density at radius 1 is 1.28 bits per heavy atom. The van der Waals surface area contributed by atoms with Crippen LogP contribution in [0.5, 0.6) is 0 Å². The molecule has 0 amide bonds. The van der Waals surface area contributed by atoms with E-state index in [1.165, 1.54) is 24.3 Å². The van der Waals surface area contributed by atoms with Gasteiger partial charge >= 0.3 is 6.08 Å². The minimum atomic E-state index is -4.40. The van der Waals surface area contributed by atoms with Crippen LogP contribution in [0.4, 0.5) is 16.0 Å². The van der Waals surface area contributed by atoms with Crippen molar-refractivity contribution >= 4 is 21.8 Å². The maximum atomic E-state index is 12.7. The number of hydrogen-bond donors (Lipinski definition) is 2. The quantitative estimate of drug-likeness (QED) is 0.794. The van der Waals surface area contributed by atoms with Crippen molar-refractivity contribution in [3.8, 4) is 0 Å². The molecule has 0 fully saturated rings. The minimum Gasteiger partial charge on any atom is -0.323 e. The summed E-state index contributed by atoms with van der Waals surface area (Å²) in [5, 5.41) is 2.45. The molecule has 18 heavy (non-hydrogen) atoms.